The Labute approximate surface area is 151 Å². The monoisotopic (exact) mass is 352 g/mol. The summed E-state index contributed by atoms with van der Waals surface area (Å²) >= 11 is 1.43. The molecule has 128 valence electrons. The van der Waals surface area contributed by atoms with Crippen molar-refractivity contribution in [2.24, 2.45) is 0 Å². The first-order valence-electron chi connectivity index (χ1n) is 8.11. The van der Waals surface area contributed by atoms with Crippen LogP contribution >= 0.6 is 11.3 Å². The first-order valence-corrected chi connectivity index (χ1v) is 8.93. The van der Waals surface area contributed by atoms with Gasteiger partial charge < -0.3 is 10.6 Å². The molecular weight excluding hydrogens is 332 g/mol. The van der Waals surface area contributed by atoms with Crippen molar-refractivity contribution in [1.82, 2.24) is 15.3 Å². The van der Waals surface area contributed by atoms with Crippen molar-refractivity contribution in [2.75, 3.05) is 18.9 Å². The summed E-state index contributed by atoms with van der Waals surface area (Å²) in [4.78, 5) is 22.5. The molecule has 2 heterocycles. The maximum atomic E-state index is 12.4. The first kappa shape index (κ1) is 17.1. The summed E-state index contributed by atoms with van der Waals surface area (Å²) in [6.07, 6.45) is 1.70. The van der Waals surface area contributed by atoms with Crippen LogP contribution in [0.25, 0.3) is 10.6 Å². The second kappa shape index (κ2) is 7.90. The Kier molecular flexibility index (Phi) is 5.40. The van der Waals surface area contributed by atoms with Gasteiger partial charge >= 0.3 is 0 Å². The second-order valence-electron chi connectivity index (χ2n) is 5.70. The summed E-state index contributed by atoms with van der Waals surface area (Å²) in [5, 5.41) is 5.93. The molecule has 0 spiro atoms. The number of nitrogens with one attached hydrogen (secondary N) is 2. The molecule has 2 aromatic heterocycles. The zero-order chi connectivity index (χ0) is 17.6. The van der Waals surface area contributed by atoms with Gasteiger partial charge in [0.1, 0.15) is 0 Å². The number of carbonyl (C=O) groups excluding carboxylic acids is 1. The highest BCUT2D eigenvalue weighted by atomic mass is 32.1. The molecule has 0 radical (unpaired) electrons. The highest BCUT2D eigenvalue weighted by Crippen LogP contribution is 2.27. The van der Waals surface area contributed by atoms with E-state index in [9.17, 15) is 4.79 Å². The Balaban J connectivity index is 1.64. The molecule has 1 aromatic carbocycles. The third-order valence-electron chi connectivity index (χ3n) is 3.90. The molecule has 0 saturated heterocycles. The minimum atomic E-state index is -0.0538. The van der Waals surface area contributed by atoms with Gasteiger partial charge in [0, 0.05) is 19.8 Å². The Morgan fingerprint density at radius 3 is 2.72 bits per heavy atom. The number of hydrogen-bond donors (Lipinski definition) is 2. The fourth-order valence-electron chi connectivity index (χ4n) is 2.45. The van der Waals surface area contributed by atoms with Crippen LogP contribution in [-0.2, 0) is 0 Å². The van der Waals surface area contributed by atoms with Crippen molar-refractivity contribution in [3.63, 3.8) is 0 Å². The SMILES string of the molecule is CNc1nccc(-c2ccc(C(=O)NC[C@H](C)c3ccccc3)s2)n1. The first-order chi connectivity index (χ1) is 12.2. The minimum Gasteiger partial charge on any atom is -0.357 e. The van der Waals surface area contributed by atoms with Crippen molar-refractivity contribution in [3.8, 4) is 10.6 Å². The van der Waals surface area contributed by atoms with Gasteiger partial charge in [0.05, 0.1) is 15.4 Å². The van der Waals surface area contributed by atoms with E-state index in [2.05, 4.69) is 39.7 Å². The standard InChI is InChI=1S/C19H20N4OS/c1-13(14-6-4-3-5-7-14)12-22-18(24)17-9-8-16(25-17)15-10-11-21-19(20-2)23-15/h3-11,13H,12H2,1-2H3,(H,22,24)(H,20,21,23)/t13-/m0/s1. The molecule has 3 aromatic rings. The Bertz CT molecular complexity index is 847. The Hall–Kier alpha value is -2.73. The second-order valence-corrected chi connectivity index (χ2v) is 6.78. The molecular formula is C19H20N4OS. The number of thiophene rings is 1. The highest BCUT2D eigenvalue weighted by Gasteiger charge is 2.13. The van der Waals surface area contributed by atoms with Gasteiger partial charge in [-0.05, 0) is 29.7 Å². The van der Waals surface area contributed by atoms with Gasteiger partial charge in [0.25, 0.3) is 5.91 Å². The molecule has 0 unspecified atom stereocenters. The van der Waals surface area contributed by atoms with E-state index in [4.69, 9.17) is 0 Å². The zero-order valence-electron chi connectivity index (χ0n) is 14.2. The third-order valence-corrected chi connectivity index (χ3v) is 5.01. The summed E-state index contributed by atoms with van der Waals surface area (Å²) in [5.41, 5.74) is 2.02. The molecule has 0 saturated carbocycles. The zero-order valence-corrected chi connectivity index (χ0v) is 15.0. The van der Waals surface area contributed by atoms with E-state index in [-0.39, 0.29) is 11.8 Å². The van der Waals surface area contributed by atoms with Gasteiger partial charge in [0.2, 0.25) is 5.95 Å². The van der Waals surface area contributed by atoms with Gasteiger partial charge in [-0.3, -0.25) is 4.79 Å². The predicted molar refractivity (Wildman–Crippen MR) is 102 cm³/mol. The molecule has 0 aliphatic heterocycles. The molecule has 0 bridgehead atoms. The van der Waals surface area contributed by atoms with Crippen LogP contribution in [0.5, 0.6) is 0 Å². The van der Waals surface area contributed by atoms with Crippen LogP contribution in [0.1, 0.15) is 28.1 Å². The summed E-state index contributed by atoms with van der Waals surface area (Å²) in [6, 6.07) is 15.8. The van der Waals surface area contributed by atoms with Crippen LogP contribution in [0.3, 0.4) is 0 Å². The smallest absolute Gasteiger partial charge is 0.261 e. The lowest BCUT2D eigenvalue weighted by Gasteiger charge is -2.12. The number of rotatable bonds is 6. The quantitative estimate of drug-likeness (QED) is 0.708. The molecule has 0 fully saturated rings. The van der Waals surface area contributed by atoms with Gasteiger partial charge in [0.15, 0.2) is 0 Å². The highest BCUT2D eigenvalue weighted by molar-refractivity contribution is 7.17. The average molecular weight is 352 g/mol. The number of anilines is 1. The molecule has 25 heavy (non-hydrogen) atoms. The van der Waals surface area contributed by atoms with E-state index < -0.39 is 0 Å². The van der Waals surface area contributed by atoms with Gasteiger partial charge in [-0.15, -0.1) is 11.3 Å². The lowest BCUT2D eigenvalue weighted by molar-refractivity contribution is 0.0955. The lowest BCUT2D eigenvalue weighted by atomic mass is 10.0. The topological polar surface area (TPSA) is 66.9 Å². The molecule has 1 amide bonds. The summed E-state index contributed by atoms with van der Waals surface area (Å²) < 4.78 is 0. The lowest BCUT2D eigenvalue weighted by Crippen LogP contribution is -2.26. The van der Waals surface area contributed by atoms with Crippen molar-refractivity contribution in [1.29, 1.82) is 0 Å². The maximum Gasteiger partial charge on any atom is 0.261 e. The number of benzene rings is 1. The van der Waals surface area contributed by atoms with E-state index in [0.29, 0.717) is 17.4 Å². The molecule has 3 rings (SSSR count). The van der Waals surface area contributed by atoms with Crippen molar-refractivity contribution >= 4 is 23.2 Å². The van der Waals surface area contributed by atoms with Crippen molar-refractivity contribution in [2.45, 2.75) is 12.8 Å². The van der Waals surface area contributed by atoms with Crippen LogP contribution in [-0.4, -0.2) is 29.5 Å². The number of nitrogens with zero attached hydrogens (tertiary/aromatic N) is 2. The molecule has 1 atom stereocenters. The van der Waals surface area contributed by atoms with Crippen LogP contribution < -0.4 is 10.6 Å². The van der Waals surface area contributed by atoms with Gasteiger partial charge in [-0.25, -0.2) is 9.97 Å². The van der Waals surface area contributed by atoms with Crippen LogP contribution in [0.4, 0.5) is 5.95 Å². The number of amides is 1. The van der Waals surface area contributed by atoms with Crippen LogP contribution in [0.15, 0.2) is 54.7 Å². The van der Waals surface area contributed by atoms with E-state index in [1.54, 1.807) is 13.2 Å². The van der Waals surface area contributed by atoms with E-state index in [0.717, 1.165) is 10.6 Å². The fraction of sp³-hybridized carbons (Fsp3) is 0.211. The molecule has 2 N–H and O–H groups in total. The summed E-state index contributed by atoms with van der Waals surface area (Å²) in [6.45, 7) is 2.71. The molecule has 0 aliphatic carbocycles. The number of aromatic nitrogens is 2. The fourth-order valence-corrected chi connectivity index (χ4v) is 3.34. The molecule has 0 aliphatic rings. The Morgan fingerprint density at radius 1 is 1.16 bits per heavy atom. The van der Waals surface area contributed by atoms with Gasteiger partial charge in [-0.2, -0.15) is 0 Å². The normalized spacial score (nSPS) is 11.8. The van der Waals surface area contributed by atoms with Crippen LogP contribution in [0, 0.1) is 0 Å². The number of hydrogen-bond acceptors (Lipinski definition) is 5. The van der Waals surface area contributed by atoms with Crippen molar-refractivity contribution < 1.29 is 4.79 Å². The van der Waals surface area contributed by atoms with Gasteiger partial charge in [-0.1, -0.05) is 37.3 Å². The minimum absolute atomic E-state index is 0.0538. The Morgan fingerprint density at radius 2 is 1.96 bits per heavy atom. The molecule has 5 nitrogen and oxygen atoms in total. The van der Waals surface area contributed by atoms with E-state index in [1.807, 2.05) is 36.4 Å². The number of carbonyl (C=O) groups is 1. The predicted octanol–water partition coefficient (Wildman–Crippen LogP) is 3.78. The largest absolute Gasteiger partial charge is 0.357 e. The van der Waals surface area contributed by atoms with E-state index >= 15 is 0 Å². The van der Waals surface area contributed by atoms with Crippen molar-refractivity contribution in [3.05, 3.63) is 65.2 Å². The average Bonchev–Trinajstić information content (AvgIpc) is 3.17. The summed E-state index contributed by atoms with van der Waals surface area (Å²) in [7, 11) is 1.78. The van der Waals surface area contributed by atoms with Crippen LogP contribution in [0.2, 0.25) is 0 Å². The molecule has 6 heteroatoms. The third kappa shape index (κ3) is 4.22. The summed E-state index contributed by atoms with van der Waals surface area (Å²) in [5.74, 6) is 0.778. The maximum absolute atomic E-state index is 12.4. The van der Waals surface area contributed by atoms with E-state index in [1.165, 1.54) is 16.9 Å².